The highest BCUT2D eigenvalue weighted by Gasteiger charge is 2.14. The van der Waals surface area contributed by atoms with E-state index in [-0.39, 0.29) is 23.8 Å². The van der Waals surface area contributed by atoms with Crippen molar-refractivity contribution in [3.8, 4) is 6.07 Å². The number of nitriles is 1. The number of nitrogens with one attached hydrogen (secondary N) is 2. The Hall–Kier alpha value is -3.79. The highest BCUT2D eigenvalue weighted by Crippen LogP contribution is 2.15. The quantitative estimate of drug-likeness (QED) is 0.662. The highest BCUT2D eigenvalue weighted by atomic mass is 19.1. The van der Waals surface area contributed by atoms with Crippen LogP contribution in [0, 0.1) is 17.1 Å². The maximum atomic E-state index is 13.3. The third-order valence-corrected chi connectivity index (χ3v) is 4.01. The zero-order chi connectivity index (χ0) is 19.8. The molecular weight excluding hydrogens is 357 g/mol. The second-order valence-corrected chi connectivity index (χ2v) is 6.04. The third-order valence-electron chi connectivity index (χ3n) is 4.01. The van der Waals surface area contributed by atoms with E-state index in [1.807, 2.05) is 24.3 Å². The number of anilines is 1. The molecule has 6 nitrogen and oxygen atoms in total. The molecule has 140 valence electrons. The molecule has 3 aromatic rings. The van der Waals surface area contributed by atoms with Crippen molar-refractivity contribution in [2.75, 3.05) is 11.9 Å². The number of amides is 1. The Labute approximate surface area is 162 Å². The molecule has 3 rings (SSSR count). The number of nitrogens with zero attached hydrogens (tertiary/aromatic N) is 3. The summed E-state index contributed by atoms with van der Waals surface area (Å²) in [5.74, 6) is -0.277. The molecule has 2 aromatic heterocycles. The number of halogens is 1. The van der Waals surface area contributed by atoms with Crippen LogP contribution in [0.15, 0.2) is 60.9 Å². The van der Waals surface area contributed by atoms with Crippen LogP contribution in [0.1, 0.15) is 27.2 Å². The zero-order valence-corrected chi connectivity index (χ0v) is 15.0. The van der Waals surface area contributed by atoms with Crippen molar-refractivity contribution in [2.24, 2.45) is 0 Å². The molecule has 28 heavy (non-hydrogen) atoms. The second-order valence-electron chi connectivity index (χ2n) is 6.04. The minimum atomic E-state index is -0.358. The monoisotopic (exact) mass is 375 g/mol. The van der Waals surface area contributed by atoms with Gasteiger partial charge in [-0.3, -0.25) is 9.78 Å². The minimum Gasteiger partial charge on any atom is -0.369 e. The maximum Gasteiger partial charge on any atom is 0.255 e. The van der Waals surface area contributed by atoms with E-state index >= 15 is 0 Å². The number of carbonyl (C=O) groups excluding carboxylic acids is 1. The fraction of sp³-hybridized carbons (Fsp3) is 0.143. The Bertz CT molecular complexity index is 1000. The van der Waals surface area contributed by atoms with Gasteiger partial charge in [0.05, 0.1) is 23.4 Å². The van der Waals surface area contributed by atoms with Crippen LogP contribution in [0.2, 0.25) is 0 Å². The number of hydrogen-bond donors (Lipinski definition) is 2. The Balaban J connectivity index is 1.68. The second kappa shape index (κ2) is 9.24. The normalized spacial score (nSPS) is 10.1. The fourth-order valence-electron chi connectivity index (χ4n) is 2.63. The van der Waals surface area contributed by atoms with E-state index < -0.39 is 0 Å². The van der Waals surface area contributed by atoms with E-state index in [2.05, 4.69) is 20.6 Å². The summed E-state index contributed by atoms with van der Waals surface area (Å²) < 4.78 is 13.3. The zero-order valence-electron chi connectivity index (χ0n) is 15.0. The Morgan fingerprint density at radius 3 is 2.79 bits per heavy atom. The van der Waals surface area contributed by atoms with E-state index in [1.54, 1.807) is 18.3 Å². The van der Waals surface area contributed by atoms with Crippen molar-refractivity contribution in [3.63, 3.8) is 0 Å². The van der Waals surface area contributed by atoms with Crippen molar-refractivity contribution in [1.29, 1.82) is 5.26 Å². The number of benzene rings is 1. The first-order chi connectivity index (χ1) is 13.7. The molecule has 0 aliphatic carbocycles. The van der Waals surface area contributed by atoms with Crippen LogP contribution < -0.4 is 10.6 Å². The van der Waals surface area contributed by atoms with E-state index in [9.17, 15) is 9.18 Å². The lowest BCUT2D eigenvalue weighted by molar-refractivity contribution is 0.0951. The topological polar surface area (TPSA) is 90.7 Å². The van der Waals surface area contributed by atoms with Gasteiger partial charge in [0.1, 0.15) is 17.7 Å². The Morgan fingerprint density at radius 1 is 1.14 bits per heavy atom. The van der Waals surface area contributed by atoms with Gasteiger partial charge in [-0.1, -0.05) is 18.2 Å². The van der Waals surface area contributed by atoms with E-state index in [0.29, 0.717) is 24.3 Å². The Morgan fingerprint density at radius 2 is 2.04 bits per heavy atom. The third kappa shape index (κ3) is 5.11. The Kier molecular flexibility index (Phi) is 6.26. The molecule has 0 fully saturated rings. The summed E-state index contributed by atoms with van der Waals surface area (Å²) in [6, 6.07) is 15.3. The van der Waals surface area contributed by atoms with Gasteiger partial charge in [-0.05, 0) is 42.3 Å². The van der Waals surface area contributed by atoms with Crippen LogP contribution in [-0.2, 0) is 13.0 Å². The first-order valence-corrected chi connectivity index (χ1v) is 8.72. The van der Waals surface area contributed by atoms with E-state index in [4.69, 9.17) is 5.26 Å². The molecule has 0 unspecified atom stereocenters. The molecule has 2 N–H and O–H groups in total. The van der Waals surface area contributed by atoms with Gasteiger partial charge >= 0.3 is 0 Å². The van der Waals surface area contributed by atoms with Crippen molar-refractivity contribution in [2.45, 2.75) is 13.0 Å². The van der Waals surface area contributed by atoms with Gasteiger partial charge in [-0.25, -0.2) is 9.37 Å². The summed E-state index contributed by atoms with van der Waals surface area (Å²) in [4.78, 5) is 21.0. The fourth-order valence-corrected chi connectivity index (χ4v) is 2.63. The van der Waals surface area contributed by atoms with Crippen LogP contribution in [0.25, 0.3) is 0 Å². The number of pyridine rings is 2. The van der Waals surface area contributed by atoms with E-state index in [0.717, 1.165) is 11.3 Å². The number of aromatic nitrogens is 2. The van der Waals surface area contributed by atoms with Gasteiger partial charge in [-0.15, -0.1) is 0 Å². The van der Waals surface area contributed by atoms with Crippen LogP contribution in [0.5, 0.6) is 0 Å². The van der Waals surface area contributed by atoms with Crippen molar-refractivity contribution in [1.82, 2.24) is 15.3 Å². The van der Waals surface area contributed by atoms with Gasteiger partial charge in [0.25, 0.3) is 5.91 Å². The van der Waals surface area contributed by atoms with Crippen molar-refractivity contribution < 1.29 is 9.18 Å². The SMILES string of the molecule is N#Cc1cnc(NCCc2cccc(F)c2)c(C(=O)NCc2ccccn2)c1. The standard InChI is InChI=1S/C21H18FN5O/c22-17-5-3-4-15(10-17)7-9-25-20-19(11-16(12-23)13-26-20)21(28)27-14-18-6-1-2-8-24-18/h1-6,8,10-11,13H,7,9,14H2,(H,25,26)(H,27,28). The van der Waals surface area contributed by atoms with Crippen molar-refractivity contribution >= 4 is 11.7 Å². The average molecular weight is 375 g/mol. The average Bonchev–Trinajstić information content (AvgIpc) is 2.73. The molecule has 2 heterocycles. The minimum absolute atomic E-state index is 0.263. The van der Waals surface area contributed by atoms with Crippen LogP contribution >= 0.6 is 0 Å². The predicted octanol–water partition coefficient (Wildman–Crippen LogP) is 3.07. The predicted molar refractivity (Wildman–Crippen MR) is 103 cm³/mol. The molecule has 7 heteroatoms. The molecule has 0 saturated heterocycles. The summed E-state index contributed by atoms with van der Waals surface area (Å²) in [6.45, 7) is 0.724. The molecular formula is C21H18FN5O. The highest BCUT2D eigenvalue weighted by molar-refractivity contribution is 5.99. The largest absolute Gasteiger partial charge is 0.369 e. The van der Waals surface area contributed by atoms with Crippen molar-refractivity contribution in [3.05, 3.63) is 89.1 Å². The number of rotatable bonds is 7. The molecule has 1 aromatic carbocycles. The summed E-state index contributed by atoms with van der Waals surface area (Å²) in [7, 11) is 0. The first-order valence-electron chi connectivity index (χ1n) is 8.72. The summed E-state index contributed by atoms with van der Waals surface area (Å²) in [5.41, 5.74) is 2.12. The molecule has 0 spiro atoms. The lowest BCUT2D eigenvalue weighted by atomic mass is 10.1. The number of carbonyl (C=O) groups is 1. The van der Waals surface area contributed by atoms with E-state index in [1.165, 1.54) is 24.4 Å². The molecule has 0 saturated carbocycles. The van der Waals surface area contributed by atoms with Gasteiger partial charge in [0.15, 0.2) is 0 Å². The van der Waals surface area contributed by atoms with Crippen LogP contribution in [0.4, 0.5) is 10.2 Å². The summed E-state index contributed by atoms with van der Waals surface area (Å²) in [5, 5.41) is 15.0. The summed E-state index contributed by atoms with van der Waals surface area (Å²) >= 11 is 0. The molecule has 0 bridgehead atoms. The first kappa shape index (κ1) is 19.0. The van der Waals surface area contributed by atoms with Gasteiger partial charge in [0.2, 0.25) is 0 Å². The smallest absolute Gasteiger partial charge is 0.255 e. The molecule has 0 atom stereocenters. The summed E-state index contributed by atoms with van der Waals surface area (Å²) in [6.07, 6.45) is 3.62. The van der Waals surface area contributed by atoms with Crippen LogP contribution in [-0.4, -0.2) is 22.4 Å². The maximum absolute atomic E-state index is 13.3. The number of hydrogen-bond acceptors (Lipinski definition) is 5. The lowest BCUT2D eigenvalue weighted by Gasteiger charge is -2.12. The molecule has 0 aliphatic rings. The van der Waals surface area contributed by atoms with Gasteiger partial charge < -0.3 is 10.6 Å². The van der Waals surface area contributed by atoms with Crippen LogP contribution in [0.3, 0.4) is 0 Å². The lowest BCUT2D eigenvalue weighted by Crippen LogP contribution is -2.25. The van der Waals surface area contributed by atoms with Gasteiger partial charge in [0, 0.05) is 18.9 Å². The molecule has 0 radical (unpaired) electrons. The molecule has 0 aliphatic heterocycles. The van der Waals surface area contributed by atoms with Gasteiger partial charge in [-0.2, -0.15) is 5.26 Å². The molecule has 1 amide bonds.